The number of benzene rings is 1. The van der Waals surface area contributed by atoms with Crippen molar-refractivity contribution in [3.05, 3.63) is 30.6 Å². The Bertz CT molecular complexity index is 621. The topological polar surface area (TPSA) is 81.9 Å². The number of ether oxygens (including phenoxy) is 1. The third-order valence-corrected chi connectivity index (χ3v) is 4.02. The Morgan fingerprint density at radius 3 is 2.83 bits per heavy atom. The molecule has 0 spiro atoms. The lowest BCUT2D eigenvalue weighted by atomic mass is 10.1. The number of carbonyl (C=O) groups excluding carboxylic acids is 1. The minimum atomic E-state index is -0.0651. The van der Waals surface area contributed by atoms with Crippen molar-refractivity contribution < 1.29 is 9.53 Å². The van der Waals surface area contributed by atoms with Gasteiger partial charge in [0.1, 0.15) is 12.1 Å². The van der Waals surface area contributed by atoms with Crippen LogP contribution in [0, 0.1) is 0 Å². The second-order valence-electron chi connectivity index (χ2n) is 5.80. The summed E-state index contributed by atoms with van der Waals surface area (Å²) < 4.78 is 7.13. The maximum Gasteiger partial charge on any atom is 0.258 e. The van der Waals surface area contributed by atoms with Crippen LogP contribution in [-0.4, -0.2) is 38.8 Å². The number of hydrogen-bond acceptors (Lipinski definition) is 5. The van der Waals surface area contributed by atoms with Gasteiger partial charge in [0.15, 0.2) is 6.61 Å². The third-order valence-electron chi connectivity index (χ3n) is 4.02. The van der Waals surface area contributed by atoms with Gasteiger partial charge in [-0.05, 0) is 35.4 Å². The van der Waals surface area contributed by atoms with E-state index in [-0.39, 0.29) is 12.5 Å². The van der Waals surface area contributed by atoms with Crippen LogP contribution in [0.3, 0.4) is 0 Å². The Kier molecular flexibility index (Phi) is 5.18. The summed E-state index contributed by atoms with van der Waals surface area (Å²) in [5.74, 6) is 0.554. The molecule has 1 saturated carbocycles. The molecule has 1 aromatic carbocycles. The quantitative estimate of drug-likeness (QED) is 0.852. The van der Waals surface area contributed by atoms with Crippen LogP contribution in [0.5, 0.6) is 5.75 Å². The Morgan fingerprint density at radius 2 is 2.09 bits per heavy atom. The molecule has 2 aromatic rings. The van der Waals surface area contributed by atoms with Crippen LogP contribution in [0.4, 0.5) is 0 Å². The zero-order valence-corrected chi connectivity index (χ0v) is 13.0. The van der Waals surface area contributed by atoms with Gasteiger partial charge in [-0.1, -0.05) is 31.7 Å². The summed E-state index contributed by atoms with van der Waals surface area (Å²) in [7, 11) is 0. The highest BCUT2D eigenvalue weighted by Gasteiger charge is 2.15. The zero-order chi connectivity index (χ0) is 15.9. The first-order valence-electron chi connectivity index (χ1n) is 8.07. The lowest BCUT2D eigenvalue weighted by Gasteiger charge is -2.16. The van der Waals surface area contributed by atoms with Crippen molar-refractivity contribution >= 4 is 5.91 Å². The number of tetrazole rings is 1. The fourth-order valence-electron chi connectivity index (χ4n) is 2.84. The molecule has 1 N–H and O–H groups in total. The van der Waals surface area contributed by atoms with E-state index in [2.05, 4.69) is 20.8 Å². The van der Waals surface area contributed by atoms with Gasteiger partial charge >= 0.3 is 0 Å². The molecule has 1 aromatic heterocycles. The van der Waals surface area contributed by atoms with Crippen molar-refractivity contribution in [2.45, 2.75) is 44.6 Å². The van der Waals surface area contributed by atoms with E-state index in [0.29, 0.717) is 11.8 Å². The molecule has 7 nitrogen and oxygen atoms in total. The van der Waals surface area contributed by atoms with Crippen molar-refractivity contribution in [1.82, 2.24) is 25.5 Å². The number of nitrogens with zero attached hydrogens (tertiary/aromatic N) is 4. The molecule has 3 rings (SSSR count). The summed E-state index contributed by atoms with van der Waals surface area (Å²) >= 11 is 0. The van der Waals surface area contributed by atoms with Gasteiger partial charge in [0.2, 0.25) is 0 Å². The van der Waals surface area contributed by atoms with Gasteiger partial charge in [-0.2, -0.15) is 0 Å². The van der Waals surface area contributed by atoms with Gasteiger partial charge in [0.05, 0.1) is 5.69 Å². The number of rotatable bonds is 5. The SMILES string of the molecule is O=C(COc1cccc(-n2cnnn2)c1)NC1CCCCCC1. The molecule has 0 unspecified atom stereocenters. The first kappa shape index (κ1) is 15.5. The molecular weight excluding hydrogens is 294 g/mol. The Labute approximate surface area is 135 Å². The first-order valence-corrected chi connectivity index (χ1v) is 8.07. The fraction of sp³-hybridized carbons (Fsp3) is 0.500. The monoisotopic (exact) mass is 315 g/mol. The molecule has 0 radical (unpaired) electrons. The minimum Gasteiger partial charge on any atom is -0.484 e. The molecule has 23 heavy (non-hydrogen) atoms. The normalized spacial score (nSPS) is 15.8. The van der Waals surface area contributed by atoms with Crippen LogP contribution >= 0.6 is 0 Å². The Hall–Kier alpha value is -2.44. The van der Waals surface area contributed by atoms with Gasteiger partial charge in [-0.15, -0.1) is 5.10 Å². The molecule has 0 bridgehead atoms. The lowest BCUT2D eigenvalue weighted by molar-refractivity contribution is -0.123. The van der Waals surface area contributed by atoms with E-state index < -0.39 is 0 Å². The second kappa shape index (κ2) is 7.71. The smallest absolute Gasteiger partial charge is 0.258 e. The van der Waals surface area contributed by atoms with Crippen molar-refractivity contribution in [2.24, 2.45) is 0 Å². The van der Waals surface area contributed by atoms with E-state index in [1.165, 1.54) is 32.0 Å². The third kappa shape index (κ3) is 4.51. The summed E-state index contributed by atoms with van der Waals surface area (Å²) in [6.07, 6.45) is 8.58. The molecule has 0 saturated heterocycles. The van der Waals surface area contributed by atoms with Gasteiger partial charge < -0.3 is 10.1 Å². The average Bonchev–Trinajstić information content (AvgIpc) is 2.99. The molecule has 1 aliphatic carbocycles. The van der Waals surface area contributed by atoms with Crippen molar-refractivity contribution in [3.8, 4) is 11.4 Å². The van der Waals surface area contributed by atoms with Crippen LogP contribution in [-0.2, 0) is 4.79 Å². The van der Waals surface area contributed by atoms with Crippen molar-refractivity contribution in [1.29, 1.82) is 0 Å². The Balaban J connectivity index is 1.51. The van der Waals surface area contributed by atoms with E-state index in [4.69, 9.17) is 4.74 Å². The molecule has 0 atom stereocenters. The molecule has 1 fully saturated rings. The molecular formula is C16H21N5O2. The number of amides is 1. The van der Waals surface area contributed by atoms with E-state index in [0.717, 1.165) is 18.5 Å². The molecule has 1 heterocycles. The maximum absolute atomic E-state index is 12.0. The highest BCUT2D eigenvalue weighted by atomic mass is 16.5. The van der Waals surface area contributed by atoms with E-state index in [9.17, 15) is 4.79 Å². The van der Waals surface area contributed by atoms with Crippen LogP contribution in [0.2, 0.25) is 0 Å². The van der Waals surface area contributed by atoms with Gasteiger partial charge in [0.25, 0.3) is 5.91 Å². The summed E-state index contributed by atoms with van der Waals surface area (Å²) in [6.45, 7) is 0.0234. The summed E-state index contributed by atoms with van der Waals surface area (Å²) in [5, 5.41) is 14.1. The highest BCUT2D eigenvalue weighted by molar-refractivity contribution is 5.77. The number of hydrogen-bond donors (Lipinski definition) is 1. The van der Waals surface area contributed by atoms with Gasteiger partial charge in [0, 0.05) is 12.1 Å². The van der Waals surface area contributed by atoms with Crippen LogP contribution < -0.4 is 10.1 Å². The molecule has 7 heteroatoms. The molecule has 1 aliphatic rings. The van der Waals surface area contributed by atoms with Crippen molar-refractivity contribution in [2.75, 3.05) is 6.61 Å². The number of nitrogens with one attached hydrogen (secondary N) is 1. The summed E-state index contributed by atoms with van der Waals surface area (Å²) in [5.41, 5.74) is 0.789. The standard InChI is InChI=1S/C16H21N5O2/c22-16(18-13-6-3-1-2-4-7-13)11-23-15-9-5-8-14(10-15)21-12-17-19-20-21/h5,8-10,12-13H,1-4,6-7,11H2,(H,18,22). The molecule has 1 amide bonds. The van der Waals surface area contributed by atoms with Crippen LogP contribution in [0.15, 0.2) is 30.6 Å². The fourth-order valence-corrected chi connectivity index (χ4v) is 2.84. The van der Waals surface area contributed by atoms with E-state index >= 15 is 0 Å². The Morgan fingerprint density at radius 1 is 1.26 bits per heavy atom. The predicted molar refractivity (Wildman–Crippen MR) is 84.3 cm³/mol. The number of carbonyl (C=O) groups is 1. The first-order chi connectivity index (χ1) is 11.3. The second-order valence-corrected chi connectivity index (χ2v) is 5.80. The average molecular weight is 315 g/mol. The van der Waals surface area contributed by atoms with Gasteiger partial charge in [-0.3, -0.25) is 4.79 Å². The number of aromatic nitrogens is 4. The van der Waals surface area contributed by atoms with E-state index in [1.54, 1.807) is 10.7 Å². The summed E-state index contributed by atoms with van der Waals surface area (Å²) in [4.78, 5) is 12.0. The zero-order valence-electron chi connectivity index (χ0n) is 13.0. The maximum atomic E-state index is 12.0. The summed E-state index contributed by atoms with van der Waals surface area (Å²) in [6, 6.07) is 7.62. The predicted octanol–water partition coefficient (Wildman–Crippen LogP) is 1.88. The largest absolute Gasteiger partial charge is 0.484 e. The van der Waals surface area contributed by atoms with Gasteiger partial charge in [-0.25, -0.2) is 4.68 Å². The van der Waals surface area contributed by atoms with Crippen LogP contribution in [0.1, 0.15) is 38.5 Å². The highest BCUT2D eigenvalue weighted by Crippen LogP contribution is 2.18. The van der Waals surface area contributed by atoms with Crippen LogP contribution in [0.25, 0.3) is 5.69 Å². The molecule has 122 valence electrons. The molecule has 0 aliphatic heterocycles. The van der Waals surface area contributed by atoms with E-state index in [1.807, 2.05) is 18.2 Å². The lowest BCUT2D eigenvalue weighted by Crippen LogP contribution is -2.37. The minimum absolute atomic E-state index is 0.0234. The van der Waals surface area contributed by atoms with Crippen molar-refractivity contribution in [3.63, 3.8) is 0 Å².